The number of ether oxygens (including phenoxy) is 1. The van der Waals surface area contributed by atoms with Gasteiger partial charge in [0.25, 0.3) is 0 Å². The minimum absolute atomic E-state index is 0. The molecule has 3 rings (SSSR count). The second-order valence-corrected chi connectivity index (χ2v) is 5.56. The zero-order valence-corrected chi connectivity index (χ0v) is 12.3. The SMILES string of the molecule is Cl.NC1(C(=O)Nc2ccc3c(c2)CCC3)CCOCC1. The molecule has 1 fully saturated rings. The third-order valence-corrected chi connectivity index (χ3v) is 4.19. The van der Waals surface area contributed by atoms with Crippen LogP contribution >= 0.6 is 12.4 Å². The second kappa shape index (κ2) is 6.12. The lowest BCUT2D eigenvalue weighted by Gasteiger charge is -2.31. The number of nitrogens with two attached hydrogens (primary N) is 1. The average Bonchev–Trinajstić information content (AvgIpc) is 2.87. The summed E-state index contributed by atoms with van der Waals surface area (Å²) in [5.74, 6) is -0.0891. The molecule has 1 aliphatic heterocycles. The van der Waals surface area contributed by atoms with E-state index in [1.54, 1.807) is 0 Å². The van der Waals surface area contributed by atoms with Crippen LogP contribution in [0.5, 0.6) is 0 Å². The number of aryl methyl sites for hydroxylation is 2. The van der Waals surface area contributed by atoms with E-state index in [2.05, 4.69) is 17.4 Å². The van der Waals surface area contributed by atoms with Crippen LogP contribution in [0.25, 0.3) is 0 Å². The van der Waals surface area contributed by atoms with E-state index in [4.69, 9.17) is 10.5 Å². The van der Waals surface area contributed by atoms with Gasteiger partial charge in [-0.15, -0.1) is 12.4 Å². The molecule has 1 aromatic rings. The Labute approximate surface area is 125 Å². The first-order valence-corrected chi connectivity index (χ1v) is 6.97. The Morgan fingerprint density at radius 3 is 2.65 bits per heavy atom. The molecule has 0 spiro atoms. The summed E-state index contributed by atoms with van der Waals surface area (Å²) in [4.78, 5) is 12.3. The summed E-state index contributed by atoms with van der Waals surface area (Å²) < 4.78 is 5.27. The van der Waals surface area contributed by atoms with E-state index in [9.17, 15) is 4.79 Å². The third-order valence-electron chi connectivity index (χ3n) is 4.19. The number of benzene rings is 1. The van der Waals surface area contributed by atoms with E-state index in [-0.39, 0.29) is 18.3 Å². The van der Waals surface area contributed by atoms with Gasteiger partial charge in [0.2, 0.25) is 5.91 Å². The van der Waals surface area contributed by atoms with Crippen LogP contribution < -0.4 is 11.1 Å². The Morgan fingerprint density at radius 1 is 1.20 bits per heavy atom. The van der Waals surface area contributed by atoms with Crippen LogP contribution in [0.2, 0.25) is 0 Å². The molecule has 5 heteroatoms. The molecule has 110 valence electrons. The van der Waals surface area contributed by atoms with Gasteiger partial charge in [0, 0.05) is 18.9 Å². The van der Waals surface area contributed by atoms with E-state index >= 15 is 0 Å². The zero-order chi connectivity index (χ0) is 13.3. The first-order valence-electron chi connectivity index (χ1n) is 6.97. The van der Waals surface area contributed by atoms with Gasteiger partial charge in [0.05, 0.1) is 0 Å². The normalized spacial score (nSPS) is 19.9. The van der Waals surface area contributed by atoms with Crippen LogP contribution in [-0.2, 0) is 22.4 Å². The maximum absolute atomic E-state index is 12.3. The van der Waals surface area contributed by atoms with Gasteiger partial charge in [-0.05, 0) is 55.4 Å². The van der Waals surface area contributed by atoms with Gasteiger partial charge in [0.15, 0.2) is 0 Å². The Hall–Kier alpha value is -1.10. The van der Waals surface area contributed by atoms with Crippen LogP contribution in [0, 0.1) is 0 Å². The molecule has 0 aromatic heterocycles. The van der Waals surface area contributed by atoms with Crippen molar-refractivity contribution in [1.82, 2.24) is 0 Å². The molecular formula is C15H21ClN2O2. The van der Waals surface area contributed by atoms with Crippen molar-refractivity contribution in [2.75, 3.05) is 18.5 Å². The molecule has 0 radical (unpaired) electrons. The highest BCUT2D eigenvalue weighted by atomic mass is 35.5. The molecule has 1 aliphatic carbocycles. The molecule has 3 N–H and O–H groups in total. The van der Waals surface area contributed by atoms with Crippen LogP contribution in [0.15, 0.2) is 18.2 Å². The summed E-state index contributed by atoms with van der Waals surface area (Å²) in [6, 6.07) is 6.18. The molecule has 1 aromatic carbocycles. The maximum Gasteiger partial charge on any atom is 0.244 e. The van der Waals surface area contributed by atoms with E-state index in [0.29, 0.717) is 26.1 Å². The Kier molecular flexibility index (Phi) is 4.68. The molecule has 0 atom stereocenters. The molecule has 0 bridgehead atoms. The number of hydrogen-bond donors (Lipinski definition) is 2. The van der Waals surface area contributed by atoms with Gasteiger partial charge in [-0.3, -0.25) is 4.79 Å². The monoisotopic (exact) mass is 296 g/mol. The Morgan fingerprint density at radius 2 is 1.90 bits per heavy atom. The molecule has 1 amide bonds. The first-order chi connectivity index (χ1) is 9.17. The summed E-state index contributed by atoms with van der Waals surface area (Å²) in [5, 5.41) is 2.96. The predicted molar refractivity (Wildman–Crippen MR) is 81.3 cm³/mol. The highest BCUT2D eigenvalue weighted by Crippen LogP contribution is 2.26. The lowest BCUT2D eigenvalue weighted by atomic mass is 9.90. The number of anilines is 1. The number of amides is 1. The summed E-state index contributed by atoms with van der Waals surface area (Å²) in [7, 11) is 0. The van der Waals surface area contributed by atoms with Gasteiger partial charge in [-0.25, -0.2) is 0 Å². The molecule has 1 heterocycles. The topological polar surface area (TPSA) is 64.4 Å². The zero-order valence-electron chi connectivity index (χ0n) is 11.5. The number of rotatable bonds is 2. The molecule has 0 saturated carbocycles. The largest absolute Gasteiger partial charge is 0.381 e. The standard InChI is InChI=1S/C15H20N2O2.ClH/c16-15(6-8-19-9-7-15)14(18)17-13-5-4-11-2-1-3-12(11)10-13;/h4-5,10H,1-3,6-9,16H2,(H,17,18);1H. The maximum atomic E-state index is 12.3. The number of nitrogens with one attached hydrogen (secondary N) is 1. The van der Waals surface area contributed by atoms with Crippen molar-refractivity contribution < 1.29 is 9.53 Å². The Balaban J connectivity index is 0.00000147. The van der Waals surface area contributed by atoms with Gasteiger partial charge < -0.3 is 15.8 Å². The van der Waals surface area contributed by atoms with Crippen molar-refractivity contribution in [3.63, 3.8) is 0 Å². The van der Waals surface area contributed by atoms with E-state index in [0.717, 1.165) is 18.5 Å². The summed E-state index contributed by atoms with van der Waals surface area (Å²) >= 11 is 0. The molecule has 0 unspecified atom stereocenters. The minimum Gasteiger partial charge on any atom is -0.381 e. The van der Waals surface area contributed by atoms with Gasteiger partial charge >= 0.3 is 0 Å². The van der Waals surface area contributed by atoms with Crippen LogP contribution in [0.4, 0.5) is 5.69 Å². The predicted octanol–water partition coefficient (Wildman–Crippen LogP) is 2.04. The van der Waals surface area contributed by atoms with Gasteiger partial charge in [-0.2, -0.15) is 0 Å². The van der Waals surface area contributed by atoms with E-state index in [1.165, 1.54) is 17.5 Å². The van der Waals surface area contributed by atoms with Crippen molar-refractivity contribution in [3.8, 4) is 0 Å². The summed E-state index contributed by atoms with van der Waals surface area (Å²) in [6.45, 7) is 1.13. The van der Waals surface area contributed by atoms with Crippen LogP contribution in [0.1, 0.15) is 30.4 Å². The van der Waals surface area contributed by atoms with Crippen LogP contribution in [0.3, 0.4) is 0 Å². The van der Waals surface area contributed by atoms with Crippen molar-refractivity contribution in [1.29, 1.82) is 0 Å². The third kappa shape index (κ3) is 2.97. The number of carbonyl (C=O) groups is 1. The highest BCUT2D eigenvalue weighted by Gasteiger charge is 2.35. The summed E-state index contributed by atoms with van der Waals surface area (Å²) in [5.41, 5.74) is 9.02. The van der Waals surface area contributed by atoms with Gasteiger partial charge in [0.1, 0.15) is 5.54 Å². The minimum atomic E-state index is -0.780. The van der Waals surface area contributed by atoms with Crippen molar-refractivity contribution in [3.05, 3.63) is 29.3 Å². The molecular weight excluding hydrogens is 276 g/mol. The fraction of sp³-hybridized carbons (Fsp3) is 0.533. The average molecular weight is 297 g/mol. The number of fused-ring (bicyclic) bond motifs is 1. The lowest BCUT2D eigenvalue weighted by Crippen LogP contribution is -2.54. The fourth-order valence-electron chi connectivity index (χ4n) is 2.87. The van der Waals surface area contributed by atoms with Gasteiger partial charge in [-0.1, -0.05) is 6.07 Å². The smallest absolute Gasteiger partial charge is 0.244 e. The number of carbonyl (C=O) groups excluding carboxylic acids is 1. The van der Waals surface area contributed by atoms with Crippen molar-refractivity contribution >= 4 is 24.0 Å². The summed E-state index contributed by atoms with van der Waals surface area (Å²) in [6.07, 6.45) is 4.65. The second-order valence-electron chi connectivity index (χ2n) is 5.56. The molecule has 20 heavy (non-hydrogen) atoms. The van der Waals surface area contributed by atoms with E-state index < -0.39 is 5.54 Å². The number of halogens is 1. The number of hydrogen-bond acceptors (Lipinski definition) is 3. The lowest BCUT2D eigenvalue weighted by molar-refractivity contribution is -0.124. The quantitative estimate of drug-likeness (QED) is 0.878. The fourth-order valence-corrected chi connectivity index (χ4v) is 2.87. The van der Waals surface area contributed by atoms with Crippen LogP contribution in [-0.4, -0.2) is 24.7 Å². The highest BCUT2D eigenvalue weighted by molar-refractivity contribution is 5.98. The molecule has 2 aliphatic rings. The molecule has 1 saturated heterocycles. The Bertz CT molecular complexity index is 499. The van der Waals surface area contributed by atoms with Crippen molar-refractivity contribution in [2.45, 2.75) is 37.6 Å². The molecule has 4 nitrogen and oxygen atoms in total. The van der Waals surface area contributed by atoms with Crippen molar-refractivity contribution in [2.24, 2.45) is 5.73 Å². The first kappa shape index (κ1) is 15.3. The van der Waals surface area contributed by atoms with E-state index in [1.807, 2.05) is 6.07 Å².